The van der Waals surface area contributed by atoms with Crippen molar-refractivity contribution in [3.05, 3.63) is 133 Å². The average molecular weight is 555 g/mol. The lowest BCUT2D eigenvalue weighted by Crippen LogP contribution is -2.06. The Hall–Kier alpha value is -5.26. The van der Waals surface area contributed by atoms with Gasteiger partial charge in [0, 0.05) is 37.1 Å². The number of para-hydroxylation sites is 1. The van der Waals surface area contributed by atoms with Crippen LogP contribution in [-0.4, -0.2) is 19.5 Å². The fourth-order valence-corrected chi connectivity index (χ4v) is 7.31. The predicted molar refractivity (Wildman–Crippen MR) is 172 cm³/mol. The lowest BCUT2D eigenvalue weighted by atomic mass is 9.96. The zero-order valence-corrected chi connectivity index (χ0v) is 23.2. The molecule has 8 aromatic rings. The summed E-state index contributed by atoms with van der Waals surface area (Å²) in [5.41, 5.74) is 6.56. The summed E-state index contributed by atoms with van der Waals surface area (Å²) in [6.45, 7) is 0. The molecular weight excluding hydrogens is 533 g/mol. The Bertz CT molecular complexity index is 2260. The number of rotatable bonds is 3. The molecule has 0 amide bonds. The summed E-state index contributed by atoms with van der Waals surface area (Å²) >= 11 is 1.85. The van der Waals surface area contributed by atoms with Crippen molar-refractivity contribution in [2.75, 3.05) is 0 Å². The summed E-state index contributed by atoms with van der Waals surface area (Å²) in [5.74, 6) is 1.91. The summed E-state index contributed by atoms with van der Waals surface area (Å²) < 4.78 is 2.21. The van der Waals surface area contributed by atoms with Gasteiger partial charge in [-0.2, -0.15) is 9.97 Å². The van der Waals surface area contributed by atoms with Crippen molar-refractivity contribution < 1.29 is 0 Å². The number of fused-ring (bicyclic) bond motifs is 5. The first-order chi connectivity index (χ1) is 20.8. The summed E-state index contributed by atoms with van der Waals surface area (Å²) in [7, 11) is 0. The van der Waals surface area contributed by atoms with Crippen LogP contribution in [0, 0.1) is 0 Å². The highest BCUT2D eigenvalue weighted by atomic mass is 32.2. The quantitative estimate of drug-likeness (QED) is 0.218. The van der Waals surface area contributed by atoms with Crippen LogP contribution in [0.25, 0.3) is 72.4 Å². The molecule has 42 heavy (non-hydrogen) atoms. The fourth-order valence-electron chi connectivity index (χ4n) is 6.14. The zero-order chi connectivity index (χ0) is 27.6. The molecule has 1 aliphatic heterocycles. The van der Waals surface area contributed by atoms with Gasteiger partial charge in [-0.1, -0.05) is 121 Å². The molecule has 3 heterocycles. The van der Waals surface area contributed by atoms with Crippen LogP contribution >= 0.6 is 11.8 Å². The molecule has 6 aromatic carbocycles. The average Bonchev–Trinajstić information content (AvgIpc) is 3.38. The summed E-state index contributed by atoms with van der Waals surface area (Å²) in [6, 6.07) is 46.7. The molecule has 0 bridgehead atoms. The van der Waals surface area contributed by atoms with E-state index in [1.807, 2.05) is 72.4 Å². The maximum atomic E-state index is 5.09. The van der Waals surface area contributed by atoms with E-state index in [9.17, 15) is 0 Å². The Labute approximate surface area is 246 Å². The van der Waals surface area contributed by atoms with E-state index < -0.39 is 0 Å². The molecule has 2 aromatic heterocycles. The molecule has 0 radical (unpaired) electrons. The highest BCUT2D eigenvalue weighted by Gasteiger charge is 2.23. The van der Waals surface area contributed by atoms with Gasteiger partial charge in [-0.05, 0) is 40.8 Å². The first-order valence-electron chi connectivity index (χ1n) is 14.0. The summed E-state index contributed by atoms with van der Waals surface area (Å²) in [5, 5.41) is 4.95. The molecule has 0 unspecified atom stereocenters. The van der Waals surface area contributed by atoms with Crippen LogP contribution in [0.2, 0.25) is 0 Å². The lowest BCUT2D eigenvalue weighted by Gasteiger charge is -2.20. The third-order valence-corrected chi connectivity index (χ3v) is 9.16. The largest absolute Gasteiger partial charge is 0.278 e. The number of hydrogen-bond acceptors (Lipinski definition) is 4. The Morgan fingerprint density at radius 1 is 0.476 bits per heavy atom. The van der Waals surface area contributed by atoms with E-state index in [2.05, 4.69) is 77.4 Å². The van der Waals surface area contributed by atoms with Crippen molar-refractivity contribution >= 4 is 44.3 Å². The van der Waals surface area contributed by atoms with E-state index in [4.69, 9.17) is 15.0 Å². The SMILES string of the molecule is c1ccc(-c2nc(-c3ccccc3)nc(-n3c4ccccc4c4cc5c(cc43)-c3cccc4cccc(c34)S5)n2)cc1. The van der Waals surface area contributed by atoms with Crippen molar-refractivity contribution in [3.63, 3.8) is 0 Å². The van der Waals surface area contributed by atoms with Crippen molar-refractivity contribution in [3.8, 4) is 39.9 Å². The van der Waals surface area contributed by atoms with Gasteiger partial charge in [0.2, 0.25) is 5.95 Å². The molecule has 5 heteroatoms. The van der Waals surface area contributed by atoms with Gasteiger partial charge in [0.25, 0.3) is 0 Å². The minimum atomic E-state index is 0.607. The molecule has 196 valence electrons. The van der Waals surface area contributed by atoms with Gasteiger partial charge in [-0.3, -0.25) is 4.57 Å². The van der Waals surface area contributed by atoms with Crippen LogP contribution in [0.1, 0.15) is 0 Å². The minimum Gasteiger partial charge on any atom is -0.278 e. The van der Waals surface area contributed by atoms with Crippen LogP contribution in [0.3, 0.4) is 0 Å². The second kappa shape index (κ2) is 9.13. The maximum absolute atomic E-state index is 5.09. The Morgan fingerprint density at radius 2 is 1.14 bits per heavy atom. The molecule has 0 N–H and O–H groups in total. The van der Waals surface area contributed by atoms with E-state index in [0.29, 0.717) is 17.6 Å². The molecule has 9 rings (SSSR count). The first kappa shape index (κ1) is 23.4. The topological polar surface area (TPSA) is 43.6 Å². The van der Waals surface area contributed by atoms with E-state index >= 15 is 0 Å². The van der Waals surface area contributed by atoms with Crippen LogP contribution in [0.5, 0.6) is 0 Å². The fraction of sp³-hybridized carbons (Fsp3) is 0. The van der Waals surface area contributed by atoms with Crippen molar-refractivity contribution in [1.82, 2.24) is 19.5 Å². The van der Waals surface area contributed by atoms with Gasteiger partial charge in [0.05, 0.1) is 11.0 Å². The van der Waals surface area contributed by atoms with Gasteiger partial charge in [-0.15, -0.1) is 0 Å². The second-order valence-corrected chi connectivity index (χ2v) is 11.6. The normalized spacial score (nSPS) is 12.2. The smallest absolute Gasteiger partial charge is 0.238 e. The van der Waals surface area contributed by atoms with Crippen molar-refractivity contribution in [2.24, 2.45) is 0 Å². The molecular formula is C37H22N4S. The number of nitrogens with zero attached hydrogens (tertiary/aromatic N) is 4. The predicted octanol–water partition coefficient (Wildman–Crippen LogP) is 9.59. The monoisotopic (exact) mass is 554 g/mol. The van der Waals surface area contributed by atoms with Crippen molar-refractivity contribution in [2.45, 2.75) is 9.79 Å². The van der Waals surface area contributed by atoms with Crippen LogP contribution < -0.4 is 0 Å². The highest BCUT2D eigenvalue weighted by Crippen LogP contribution is 2.50. The highest BCUT2D eigenvalue weighted by molar-refractivity contribution is 7.99. The van der Waals surface area contributed by atoms with Crippen LogP contribution in [0.4, 0.5) is 0 Å². The molecule has 4 nitrogen and oxygen atoms in total. The molecule has 0 spiro atoms. The number of aromatic nitrogens is 4. The lowest BCUT2D eigenvalue weighted by molar-refractivity contribution is 0.953. The van der Waals surface area contributed by atoms with Crippen LogP contribution in [0.15, 0.2) is 143 Å². The Kier molecular flexibility index (Phi) is 5.10. The Morgan fingerprint density at radius 3 is 1.88 bits per heavy atom. The first-order valence-corrected chi connectivity index (χ1v) is 14.8. The number of benzene rings is 6. The summed E-state index contributed by atoms with van der Waals surface area (Å²) in [6.07, 6.45) is 0. The third kappa shape index (κ3) is 3.54. The van der Waals surface area contributed by atoms with E-state index in [-0.39, 0.29) is 0 Å². The van der Waals surface area contributed by atoms with Crippen LogP contribution in [-0.2, 0) is 0 Å². The van der Waals surface area contributed by atoms with E-state index in [1.165, 1.54) is 42.5 Å². The maximum Gasteiger partial charge on any atom is 0.238 e. The molecule has 0 fully saturated rings. The molecule has 0 saturated carbocycles. The van der Waals surface area contributed by atoms with Crippen molar-refractivity contribution in [1.29, 1.82) is 0 Å². The Balaban J connectivity index is 1.37. The number of hydrogen-bond donors (Lipinski definition) is 0. The van der Waals surface area contributed by atoms with E-state index in [0.717, 1.165) is 22.2 Å². The zero-order valence-electron chi connectivity index (χ0n) is 22.4. The minimum absolute atomic E-state index is 0.607. The third-order valence-electron chi connectivity index (χ3n) is 8.04. The molecule has 0 atom stereocenters. The molecule has 0 saturated heterocycles. The standard InChI is InChI=1S/C37H22N4S/c1-3-11-24(12-4-1)35-38-36(25-13-5-2-6-14-25)40-37(39-35)41-30-19-8-7-17-26(30)28-22-33-29(21-31(28)41)27-18-9-15-23-16-10-20-32(42-33)34(23)27/h1-22H. The van der Waals surface area contributed by atoms with E-state index in [1.54, 1.807) is 0 Å². The van der Waals surface area contributed by atoms with Gasteiger partial charge in [-0.25, -0.2) is 4.98 Å². The van der Waals surface area contributed by atoms with Gasteiger partial charge >= 0.3 is 0 Å². The molecule has 1 aliphatic rings. The van der Waals surface area contributed by atoms with Gasteiger partial charge in [0.1, 0.15) is 0 Å². The summed E-state index contributed by atoms with van der Waals surface area (Å²) in [4.78, 5) is 17.7. The van der Waals surface area contributed by atoms with Gasteiger partial charge < -0.3 is 0 Å². The second-order valence-electron chi connectivity index (χ2n) is 10.5. The van der Waals surface area contributed by atoms with Gasteiger partial charge in [0.15, 0.2) is 11.6 Å². The molecule has 0 aliphatic carbocycles.